The molecule has 1 heterocycles. The molecule has 0 aliphatic carbocycles. The van der Waals surface area contributed by atoms with E-state index in [4.69, 9.17) is 5.73 Å². The van der Waals surface area contributed by atoms with Crippen LogP contribution in [0.4, 0.5) is 10.2 Å². The van der Waals surface area contributed by atoms with Crippen LogP contribution in [0.2, 0.25) is 0 Å². The first-order valence-electron chi connectivity index (χ1n) is 8.27. The lowest BCUT2D eigenvalue weighted by Gasteiger charge is -2.22. The number of rotatable bonds is 5. The van der Waals surface area contributed by atoms with Gasteiger partial charge in [-0.15, -0.1) is 0 Å². The SMILES string of the molecule is CN(C)C(=NCCCc1nn(-c2ccc(F)cc2)c(N)c1C#N)N(C)C. The van der Waals surface area contributed by atoms with Gasteiger partial charge in [-0.05, 0) is 37.1 Å². The number of nitrogens with zero attached hydrogens (tertiary/aromatic N) is 6. The molecule has 2 rings (SSSR count). The lowest BCUT2D eigenvalue weighted by molar-refractivity contribution is 0.479. The number of nitrogens with two attached hydrogens (primary N) is 1. The molecule has 2 aromatic rings. The Hall–Kier alpha value is -3.08. The lowest BCUT2D eigenvalue weighted by atomic mass is 10.1. The number of nitriles is 1. The number of anilines is 1. The van der Waals surface area contributed by atoms with E-state index in [1.807, 2.05) is 38.0 Å². The molecule has 0 aliphatic rings. The summed E-state index contributed by atoms with van der Waals surface area (Å²) in [5.41, 5.74) is 7.66. The van der Waals surface area contributed by atoms with Crippen molar-refractivity contribution < 1.29 is 4.39 Å². The Morgan fingerprint density at radius 3 is 2.38 bits per heavy atom. The third-order valence-electron chi connectivity index (χ3n) is 3.80. The van der Waals surface area contributed by atoms with Crippen LogP contribution in [0.5, 0.6) is 0 Å². The summed E-state index contributed by atoms with van der Waals surface area (Å²) in [7, 11) is 7.77. The first kappa shape index (κ1) is 19.2. The van der Waals surface area contributed by atoms with Crippen LogP contribution in [-0.2, 0) is 6.42 Å². The van der Waals surface area contributed by atoms with Crippen molar-refractivity contribution >= 4 is 11.8 Å². The summed E-state index contributed by atoms with van der Waals surface area (Å²) in [6.45, 7) is 0.611. The van der Waals surface area contributed by atoms with Gasteiger partial charge in [0.25, 0.3) is 0 Å². The molecule has 0 saturated carbocycles. The number of benzene rings is 1. The van der Waals surface area contributed by atoms with Gasteiger partial charge in [0.05, 0.1) is 11.4 Å². The van der Waals surface area contributed by atoms with E-state index < -0.39 is 0 Å². The summed E-state index contributed by atoms with van der Waals surface area (Å²) >= 11 is 0. The highest BCUT2D eigenvalue weighted by Crippen LogP contribution is 2.21. The van der Waals surface area contributed by atoms with Crippen LogP contribution in [0.15, 0.2) is 29.3 Å². The van der Waals surface area contributed by atoms with Gasteiger partial charge in [0, 0.05) is 34.7 Å². The third-order valence-corrected chi connectivity index (χ3v) is 3.80. The molecule has 138 valence electrons. The first-order chi connectivity index (χ1) is 12.3. The maximum absolute atomic E-state index is 13.1. The molecule has 0 bridgehead atoms. The van der Waals surface area contributed by atoms with Crippen molar-refractivity contribution in [2.75, 3.05) is 40.5 Å². The maximum Gasteiger partial charge on any atom is 0.195 e. The second-order valence-electron chi connectivity index (χ2n) is 6.28. The molecule has 0 spiro atoms. The van der Waals surface area contributed by atoms with Crippen molar-refractivity contribution in [2.24, 2.45) is 4.99 Å². The summed E-state index contributed by atoms with van der Waals surface area (Å²) < 4.78 is 14.6. The van der Waals surface area contributed by atoms with Gasteiger partial charge >= 0.3 is 0 Å². The first-order valence-corrected chi connectivity index (χ1v) is 8.27. The van der Waals surface area contributed by atoms with Crippen molar-refractivity contribution in [3.63, 3.8) is 0 Å². The van der Waals surface area contributed by atoms with Gasteiger partial charge in [-0.1, -0.05) is 0 Å². The highest BCUT2D eigenvalue weighted by atomic mass is 19.1. The van der Waals surface area contributed by atoms with E-state index in [-0.39, 0.29) is 11.6 Å². The number of hydrogen-bond acceptors (Lipinski definition) is 4. The molecule has 8 heteroatoms. The topological polar surface area (TPSA) is 86.5 Å². The van der Waals surface area contributed by atoms with Crippen LogP contribution in [0.1, 0.15) is 17.7 Å². The third kappa shape index (κ3) is 4.30. The smallest absolute Gasteiger partial charge is 0.195 e. The second-order valence-corrected chi connectivity index (χ2v) is 6.28. The monoisotopic (exact) mass is 357 g/mol. The molecule has 0 saturated heterocycles. The fourth-order valence-electron chi connectivity index (χ4n) is 2.66. The zero-order valence-corrected chi connectivity index (χ0v) is 15.6. The molecule has 26 heavy (non-hydrogen) atoms. The van der Waals surface area contributed by atoms with Crippen LogP contribution in [-0.4, -0.2) is 60.3 Å². The van der Waals surface area contributed by atoms with E-state index in [2.05, 4.69) is 16.2 Å². The summed E-state index contributed by atoms with van der Waals surface area (Å²) in [5, 5.41) is 13.9. The van der Waals surface area contributed by atoms with Gasteiger partial charge in [-0.2, -0.15) is 10.4 Å². The van der Waals surface area contributed by atoms with Gasteiger partial charge in [0.15, 0.2) is 5.96 Å². The Labute approximate surface area is 153 Å². The van der Waals surface area contributed by atoms with Crippen LogP contribution < -0.4 is 5.73 Å². The number of guanidine groups is 1. The molecular weight excluding hydrogens is 333 g/mol. The standard InChI is InChI=1S/C18H24FN7/c1-24(2)18(25(3)4)22-11-5-6-16-15(12-20)17(21)26(23-16)14-9-7-13(19)8-10-14/h7-10H,5-6,11,21H2,1-4H3. The van der Waals surface area contributed by atoms with Gasteiger partial charge < -0.3 is 15.5 Å². The van der Waals surface area contributed by atoms with Gasteiger partial charge in [-0.25, -0.2) is 9.07 Å². The van der Waals surface area contributed by atoms with Crippen molar-refractivity contribution in [1.82, 2.24) is 19.6 Å². The van der Waals surface area contributed by atoms with Crippen molar-refractivity contribution in [2.45, 2.75) is 12.8 Å². The molecule has 0 atom stereocenters. The molecule has 0 unspecified atom stereocenters. The molecule has 7 nitrogen and oxygen atoms in total. The highest BCUT2D eigenvalue weighted by Gasteiger charge is 2.16. The molecule has 0 fully saturated rings. The minimum absolute atomic E-state index is 0.264. The van der Waals surface area contributed by atoms with E-state index in [1.165, 1.54) is 16.8 Å². The van der Waals surface area contributed by atoms with Crippen molar-refractivity contribution in [1.29, 1.82) is 5.26 Å². The maximum atomic E-state index is 13.1. The fourth-order valence-corrected chi connectivity index (χ4v) is 2.66. The number of aliphatic imine (C=N–C) groups is 1. The average Bonchev–Trinajstić information content (AvgIpc) is 2.90. The van der Waals surface area contributed by atoms with Crippen molar-refractivity contribution in [3.05, 3.63) is 41.3 Å². The summed E-state index contributed by atoms with van der Waals surface area (Å²) in [5.74, 6) is 0.803. The van der Waals surface area contributed by atoms with E-state index in [9.17, 15) is 9.65 Å². The predicted molar refractivity (Wildman–Crippen MR) is 101 cm³/mol. The van der Waals surface area contributed by atoms with Crippen molar-refractivity contribution in [3.8, 4) is 11.8 Å². The largest absolute Gasteiger partial charge is 0.382 e. The van der Waals surface area contributed by atoms with Crippen LogP contribution in [0, 0.1) is 17.1 Å². The predicted octanol–water partition coefficient (Wildman–Crippen LogP) is 1.88. The molecule has 0 radical (unpaired) electrons. The minimum Gasteiger partial charge on any atom is -0.382 e. The molecule has 1 aromatic heterocycles. The normalized spacial score (nSPS) is 10.3. The summed E-state index contributed by atoms with van der Waals surface area (Å²) in [4.78, 5) is 8.46. The zero-order chi connectivity index (χ0) is 19.3. The Kier molecular flexibility index (Phi) is 6.17. The number of halogens is 1. The Morgan fingerprint density at radius 2 is 1.85 bits per heavy atom. The van der Waals surface area contributed by atoms with E-state index in [0.717, 1.165) is 12.4 Å². The molecule has 0 amide bonds. The van der Waals surface area contributed by atoms with Gasteiger partial charge in [-0.3, -0.25) is 4.99 Å². The van der Waals surface area contributed by atoms with E-state index in [0.29, 0.717) is 29.9 Å². The van der Waals surface area contributed by atoms with E-state index >= 15 is 0 Å². The fraction of sp³-hybridized carbons (Fsp3) is 0.389. The Morgan fingerprint density at radius 1 is 1.23 bits per heavy atom. The lowest BCUT2D eigenvalue weighted by Crippen LogP contribution is -2.35. The van der Waals surface area contributed by atoms with Crippen LogP contribution in [0.3, 0.4) is 0 Å². The Balaban J connectivity index is 2.15. The molecular formula is C18H24FN7. The average molecular weight is 357 g/mol. The number of aryl methyl sites for hydroxylation is 1. The van der Waals surface area contributed by atoms with E-state index in [1.54, 1.807) is 12.1 Å². The second kappa shape index (κ2) is 8.34. The quantitative estimate of drug-likeness (QED) is 0.502. The number of hydrogen-bond donors (Lipinski definition) is 1. The summed E-state index contributed by atoms with van der Waals surface area (Å²) in [6.07, 6.45) is 1.32. The highest BCUT2D eigenvalue weighted by molar-refractivity contribution is 5.79. The molecule has 2 N–H and O–H groups in total. The number of nitrogen functional groups attached to an aromatic ring is 1. The Bertz CT molecular complexity index is 803. The molecule has 1 aromatic carbocycles. The van der Waals surface area contributed by atoms with Gasteiger partial charge in [0.2, 0.25) is 0 Å². The van der Waals surface area contributed by atoms with Gasteiger partial charge in [0.1, 0.15) is 23.3 Å². The minimum atomic E-state index is -0.337. The van der Waals surface area contributed by atoms with Crippen LogP contribution >= 0.6 is 0 Å². The van der Waals surface area contributed by atoms with Crippen LogP contribution in [0.25, 0.3) is 5.69 Å². The zero-order valence-electron chi connectivity index (χ0n) is 15.6. The number of aromatic nitrogens is 2. The molecule has 0 aliphatic heterocycles. The summed E-state index contributed by atoms with van der Waals surface area (Å²) in [6, 6.07) is 7.94.